The minimum Gasteiger partial charge on any atom is -0.388 e. The lowest BCUT2D eigenvalue weighted by atomic mass is 9.80. The normalized spacial score (nSPS) is 16.4. The second kappa shape index (κ2) is 7.20. The summed E-state index contributed by atoms with van der Waals surface area (Å²) < 4.78 is 13.5. The maximum absolute atomic E-state index is 13.5. The maximum Gasteiger partial charge on any atom is 0.137 e. The lowest BCUT2D eigenvalue weighted by Crippen LogP contribution is -2.46. The van der Waals surface area contributed by atoms with E-state index in [-0.39, 0.29) is 5.82 Å². The third-order valence-electron chi connectivity index (χ3n) is 5.41. The number of aromatic nitrogens is 2. The van der Waals surface area contributed by atoms with Crippen LogP contribution in [0.15, 0.2) is 53.8 Å². The smallest absolute Gasteiger partial charge is 0.137 e. The molecule has 0 amide bonds. The van der Waals surface area contributed by atoms with Crippen LogP contribution in [0.4, 0.5) is 4.39 Å². The van der Waals surface area contributed by atoms with Gasteiger partial charge in [-0.15, -0.1) is 0 Å². The molecule has 6 heteroatoms. The van der Waals surface area contributed by atoms with Crippen molar-refractivity contribution in [3.63, 3.8) is 0 Å². The molecule has 1 aliphatic rings. The highest BCUT2D eigenvalue weighted by Crippen LogP contribution is 2.37. The number of aliphatic imine (C=N–C) groups is 1. The van der Waals surface area contributed by atoms with Crippen LogP contribution in [0.2, 0.25) is 0 Å². The number of likely N-dealkylation sites (N-methyl/N-ethyl adjacent to an activating group) is 1. The van der Waals surface area contributed by atoms with Gasteiger partial charge in [0.05, 0.1) is 17.0 Å². The van der Waals surface area contributed by atoms with Crippen LogP contribution in [0.1, 0.15) is 30.4 Å². The highest BCUT2D eigenvalue weighted by molar-refractivity contribution is 5.99. The highest BCUT2D eigenvalue weighted by Gasteiger charge is 2.36. The minimum absolute atomic E-state index is 0.303. The predicted octanol–water partition coefficient (Wildman–Crippen LogP) is 4.08. The Bertz CT molecular complexity index is 1030. The summed E-state index contributed by atoms with van der Waals surface area (Å²) in [5.74, 6) is -0.303. The number of halogens is 1. The molecular formula is C22H23FN4O. The maximum atomic E-state index is 13.5. The van der Waals surface area contributed by atoms with E-state index in [4.69, 9.17) is 0 Å². The van der Waals surface area contributed by atoms with E-state index in [9.17, 15) is 9.50 Å². The van der Waals surface area contributed by atoms with Gasteiger partial charge in [-0.25, -0.2) is 9.37 Å². The molecule has 0 radical (unpaired) electrons. The number of pyridine rings is 1. The molecule has 0 bridgehead atoms. The molecule has 0 aliphatic heterocycles. The summed E-state index contributed by atoms with van der Waals surface area (Å²) in [6.07, 6.45) is 6.19. The van der Waals surface area contributed by atoms with Crippen LogP contribution < -0.4 is 0 Å². The fraction of sp³-hybridized carbons (Fsp3) is 0.273. The van der Waals surface area contributed by atoms with Crippen LogP contribution in [0, 0.1) is 5.82 Å². The van der Waals surface area contributed by atoms with Crippen LogP contribution in [0.5, 0.6) is 0 Å². The number of benzene rings is 1. The van der Waals surface area contributed by atoms with Crippen molar-refractivity contribution in [1.82, 2.24) is 14.9 Å². The van der Waals surface area contributed by atoms with Crippen molar-refractivity contribution in [1.29, 1.82) is 0 Å². The molecule has 1 fully saturated rings. The molecule has 28 heavy (non-hydrogen) atoms. The Labute approximate surface area is 163 Å². The van der Waals surface area contributed by atoms with Gasteiger partial charge in [-0.1, -0.05) is 0 Å². The van der Waals surface area contributed by atoms with E-state index >= 15 is 0 Å². The zero-order valence-electron chi connectivity index (χ0n) is 15.8. The van der Waals surface area contributed by atoms with E-state index in [2.05, 4.69) is 21.7 Å². The topological polar surface area (TPSA) is 64.5 Å². The first kappa shape index (κ1) is 18.4. The molecule has 2 heterocycles. The Morgan fingerprint density at radius 3 is 2.68 bits per heavy atom. The summed E-state index contributed by atoms with van der Waals surface area (Å²) in [6, 6.07) is 10.1. The van der Waals surface area contributed by atoms with Crippen molar-refractivity contribution in [2.75, 3.05) is 13.6 Å². The predicted molar refractivity (Wildman–Crippen MR) is 110 cm³/mol. The van der Waals surface area contributed by atoms with Gasteiger partial charge in [-0.3, -0.25) is 4.99 Å². The van der Waals surface area contributed by atoms with Crippen LogP contribution in [-0.2, 0) is 0 Å². The summed E-state index contributed by atoms with van der Waals surface area (Å²) in [7, 11) is 1.94. The number of fused-ring (bicyclic) bond motifs is 1. The molecule has 0 atom stereocenters. The van der Waals surface area contributed by atoms with E-state index < -0.39 is 5.60 Å². The zero-order chi connectivity index (χ0) is 19.7. The average Bonchev–Trinajstić information content (AvgIpc) is 3.14. The van der Waals surface area contributed by atoms with Crippen molar-refractivity contribution < 1.29 is 9.50 Å². The number of hydrogen-bond acceptors (Lipinski definition) is 4. The van der Waals surface area contributed by atoms with E-state index in [1.807, 2.05) is 30.3 Å². The summed E-state index contributed by atoms with van der Waals surface area (Å²) in [6.45, 7) is 4.26. The Kier molecular flexibility index (Phi) is 4.73. The molecule has 2 N–H and O–H groups in total. The number of aromatic amines is 1. The van der Waals surface area contributed by atoms with Crippen molar-refractivity contribution >= 4 is 29.1 Å². The molecule has 4 rings (SSSR count). The average molecular weight is 378 g/mol. The molecule has 144 valence electrons. The van der Waals surface area contributed by atoms with Gasteiger partial charge in [-0.05, 0) is 62.4 Å². The summed E-state index contributed by atoms with van der Waals surface area (Å²) in [5, 5.41) is 11.7. The van der Waals surface area contributed by atoms with Crippen LogP contribution in [0.3, 0.4) is 0 Å². The fourth-order valence-corrected chi connectivity index (χ4v) is 3.86. The first-order valence-corrected chi connectivity index (χ1v) is 9.34. The molecule has 1 saturated carbocycles. The van der Waals surface area contributed by atoms with Crippen molar-refractivity contribution in [2.24, 2.45) is 4.99 Å². The van der Waals surface area contributed by atoms with Gasteiger partial charge in [-0.2, -0.15) is 0 Å². The van der Waals surface area contributed by atoms with E-state index in [0.29, 0.717) is 12.2 Å². The molecule has 5 nitrogen and oxygen atoms in total. The molecule has 2 aromatic heterocycles. The lowest BCUT2D eigenvalue weighted by Gasteiger charge is -2.41. The minimum atomic E-state index is -0.695. The molecular weight excluding hydrogens is 355 g/mol. The number of hydrogen-bond donors (Lipinski definition) is 2. The summed E-state index contributed by atoms with van der Waals surface area (Å²) in [5.41, 5.74) is 3.24. The number of nitrogens with zero attached hydrogens (tertiary/aromatic N) is 3. The van der Waals surface area contributed by atoms with E-state index in [0.717, 1.165) is 47.1 Å². The Morgan fingerprint density at radius 2 is 2.04 bits per heavy atom. The van der Waals surface area contributed by atoms with Gasteiger partial charge in [0, 0.05) is 42.5 Å². The van der Waals surface area contributed by atoms with Gasteiger partial charge >= 0.3 is 0 Å². The standard InChI is InChI=1S/C22H23FN4O/c1-24-19(15-4-6-16(23)7-5-15)20(27(2)14-22(28)10-3-11-22)17-8-12-25-21-18(17)9-13-26-21/h4-9,12-13,28H,1,3,10-11,14H2,2H3,(H,25,26)/b20-19-. The van der Waals surface area contributed by atoms with Gasteiger partial charge in [0.1, 0.15) is 11.5 Å². The molecule has 0 unspecified atom stereocenters. The van der Waals surface area contributed by atoms with E-state index in [1.54, 1.807) is 18.3 Å². The third kappa shape index (κ3) is 3.31. The molecule has 0 saturated heterocycles. The largest absolute Gasteiger partial charge is 0.388 e. The summed E-state index contributed by atoms with van der Waals surface area (Å²) in [4.78, 5) is 13.8. The van der Waals surface area contributed by atoms with Crippen LogP contribution in [0.25, 0.3) is 22.4 Å². The molecule has 1 aromatic carbocycles. The monoisotopic (exact) mass is 378 g/mol. The van der Waals surface area contributed by atoms with Gasteiger partial charge in [0.15, 0.2) is 0 Å². The lowest BCUT2D eigenvalue weighted by molar-refractivity contribution is -0.0455. The van der Waals surface area contributed by atoms with Gasteiger partial charge in [0.2, 0.25) is 0 Å². The number of nitrogens with one attached hydrogen (secondary N) is 1. The SMILES string of the molecule is C=N/C(=C(/c1ccnc2[nH]ccc12)N(C)CC1(O)CCC1)c1ccc(F)cc1. The van der Waals surface area contributed by atoms with E-state index in [1.165, 1.54) is 12.1 Å². The first-order chi connectivity index (χ1) is 13.5. The van der Waals surface area contributed by atoms with Crippen LogP contribution in [-0.4, -0.2) is 45.9 Å². The Morgan fingerprint density at radius 1 is 1.29 bits per heavy atom. The number of aliphatic hydroxyl groups is 1. The van der Waals surface area contributed by atoms with Crippen molar-refractivity contribution in [2.45, 2.75) is 24.9 Å². The highest BCUT2D eigenvalue weighted by atomic mass is 19.1. The Hall–Kier alpha value is -2.99. The zero-order valence-corrected chi connectivity index (χ0v) is 15.8. The fourth-order valence-electron chi connectivity index (χ4n) is 3.86. The second-order valence-electron chi connectivity index (χ2n) is 7.39. The quantitative estimate of drug-likeness (QED) is 0.636. The molecule has 3 aromatic rings. The third-order valence-corrected chi connectivity index (χ3v) is 5.41. The van der Waals surface area contributed by atoms with Gasteiger partial charge < -0.3 is 15.0 Å². The second-order valence-corrected chi connectivity index (χ2v) is 7.39. The number of rotatable bonds is 6. The Balaban J connectivity index is 1.90. The first-order valence-electron chi connectivity index (χ1n) is 9.34. The molecule has 1 aliphatic carbocycles. The van der Waals surface area contributed by atoms with Crippen molar-refractivity contribution in [3.8, 4) is 0 Å². The van der Waals surface area contributed by atoms with Crippen molar-refractivity contribution in [3.05, 3.63) is 65.7 Å². The molecule has 0 spiro atoms. The number of H-pyrrole nitrogens is 1. The van der Waals surface area contributed by atoms with Crippen LogP contribution >= 0.6 is 0 Å². The van der Waals surface area contributed by atoms with Gasteiger partial charge in [0.25, 0.3) is 0 Å². The summed E-state index contributed by atoms with van der Waals surface area (Å²) >= 11 is 0.